The Morgan fingerprint density at radius 1 is 1.14 bits per heavy atom. The van der Waals surface area contributed by atoms with E-state index in [2.05, 4.69) is 0 Å². The maximum atomic E-state index is 12.6. The number of nitrogens with zero attached hydrogens (tertiary/aromatic N) is 1. The van der Waals surface area contributed by atoms with Crippen molar-refractivity contribution in [3.05, 3.63) is 29.8 Å². The minimum Gasteiger partial charge on any atom is -0.490 e. The molecule has 1 amide bonds. The summed E-state index contributed by atoms with van der Waals surface area (Å²) in [4.78, 5) is 14.5. The van der Waals surface area contributed by atoms with E-state index in [9.17, 15) is 4.79 Å². The molecule has 1 heterocycles. The number of hydrogen-bond acceptors (Lipinski definition) is 3. The van der Waals surface area contributed by atoms with Crippen molar-refractivity contribution in [3.8, 4) is 5.75 Å². The van der Waals surface area contributed by atoms with E-state index < -0.39 is 0 Å². The number of hydrogen-bond donors (Lipinski definition) is 1. The molecule has 0 radical (unpaired) electrons. The normalized spacial score (nSPS) is 22.2. The molecule has 1 unspecified atom stereocenters. The second-order valence-corrected chi connectivity index (χ2v) is 6.17. The van der Waals surface area contributed by atoms with Crippen molar-refractivity contribution in [2.45, 2.75) is 50.7 Å². The Hall–Kier alpha value is -1.26. The van der Waals surface area contributed by atoms with Crippen molar-refractivity contribution in [1.29, 1.82) is 0 Å². The second kappa shape index (κ2) is 7.84. The molecular formula is C17H25ClN2O2. The Morgan fingerprint density at radius 3 is 2.55 bits per heavy atom. The standard InChI is InChI=1S/C17H24N2O2.ClH/c18-13-10-11-19(12-13)17(20)15-8-4-5-9-16(15)21-14-6-2-1-3-7-14;/h4-5,8-9,13-14H,1-3,6-7,10-12,18H2;1H. The fourth-order valence-corrected chi connectivity index (χ4v) is 3.25. The average Bonchev–Trinajstić information content (AvgIpc) is 2.95. The summed E-state index contributed by atoms with van der Waals surface area (Å²) < 4.78 is 6.12. The monoisotopic (exact) mass is 324 g/mol. The van der Waals surface area contributed by atoms with Crippen LogP contribution in [0, 0.1) is 0 Å². The molecule has 1 aromatic carbocycles. The van der Waals surface area contributed by atoms with Crippen LogP contribution in [0.15, 0.2) is 24.3 Å². The molecule has 2 fully saturated rings. The van der Waals surface area contributed by atoms with Crippen LogP contribution in [0.5, 0.6) is 5.75 Å². The molecule has 1 atom stereocenters. The third-order valence-electron chi connectivity index (χ3n) is 4.48. The maximum Gasteiger partial charge on any atom is 0.257 e. The highest BCUT2D eigenvalue weighted by molar-refractivity contribution is 5.97. The predicted molar refractivity (Wildman–Crippen MR) is 89.7 cm³/mol. The van der Waals surface area contributed by atoms with Crippen LogP contribution < -0.4 is 10.5 Å². The number of para-hydroxylation sites is 1. The first-order valence-electron chi connectivity index (χ1n) is 8.04. The van der Waals surface area contributed by atoms with E-state index in [-0.39, 0.29) is 30.5 Å². The molecule has 1 aromatic rings. The van der Waals surface area contributed by atoms with Crippen LogP contribution in [0.3, 0.4) is 0 Å². The van der Waals surface area contributed by atoms with Crippen LogP contribution in [0.1, 0.15) is 48.9 Å². The zero-order valence-electron chi connectivity index (χ0n) is 12.9. The molecule has 22 heavy (non-hydrogen) atoms. The molecule has 5 heteroatoms. The summed E-state index contributed by atoms with van der Waals surface area (Å²) in [6.07, 6.45) is 7.08. The Labute approximate surface area is 138 Å². The van der Waals surface area contributed by atoms with Gasteiger partial charge in [-0.2, -0.15) is 0 Å². The van der Waals surface area contributed by atoms with Crippen molar-refractivity contribution in [3.63, 3.8) is 0 Å². The van der Waals surface area contributed by atoms with E-state index in [1.54, 1.807) is 0 Å². The van der Waals surface area contributed by atoms with Gasteiger partial charge in [-0.05, 0) is 44.2 Å². The first-order chi connectivity index (χ1) is 10.2. The van der Waals surface area contributed by atoms with Gasteiger partial charge < -0.3 is 15.4 Å². The van der Waals surface area contributed by atoms with Gasteiger partial charge in [0.1, 0.15) is 5.75 Å². The maximum absolute atomic E-state index is 12.6. The summed E-state index contributed by atoms with van der Waals surface area (Å²) in [5, 5.41) is 0. The topological polar surface area (TPSA) is 55.6 Å². The lowest BCUT2D eigenvalue weighted by Gasteiger charge is -2.25. The molecule has 1 saturated heterocycles. The SMILES string of the molecule is Cl.NC1CCN(C(=O)c2ccccc2OC2CCCCC2)C1. The number of rotatable bonds is 3. The van der Waals surface area contributed by atoms with Gasteiger partial charge in [-0.3, -0.25) is 4.79 Å². The van der Waals surface area contributed by atoms with Gasteiger partial charge in [-0.25, -0.2) is 0 Å². The quantitative estimate of drug-likeness (QED) is 0.930. The summed E-state index contributed by atoms with van der Waals surface area (Å²) in [6, 6.07) is 7.73. The number of nitrogens with two attached hydrogens (primary N) is 1. The first-order valence-corrected chi connectivity index (χ1v) is 8.04. The van der Waals surface area contributed by atoms with Crippen LogP contribution in [0.4, 0.5) is 0 Å². The first kappa shape index (κ1) is 17.1. The summed E-state index contributed by atoms with van der Waals surface area (Å²) in [7, 11) is 0. The minimum absolute atomic E-state index is 0. The lowest BCUT2D eigenvalue weighted by atomic mass is 9.97. The molecule has 3 rings (SSSR count). The van der Waals surface area contributed by atoms with Gasteiger partial charge in [-0.15, -0.1) is 12.4 Å². The minimum atomic E-state index is 0. The molecule has 0 spiro atoms. The molecule has 4 nitrogen and oxygen atoms in total. The number of carbonyl (C=O) groups excluding carboxylic acids is 1. The zero-order valence-corrected chi connectivity index (χ0v) is 13.7. The second-order valence-electron chi connectivity index (χ2n) is 6.17. The number of amides is 1. The van der Waals surface area contributed by atoms with Gasteiger partial charge in [0.25, 0.3) is 5.91 Å². The highest BCUT2D eigenvalue weighted by atomic mass is 35.5. The van der Waals surface area contributed by atoms with Crippen LogP contribution >= 0.6 is 12.4 Å². The molecule has 2 N–H and O–H groups in total. The van der Waals surface area contributed by atoms with Gasteiger partial charge >= 0.3 is 0 Å². The van der Waals surface area contributed by atoms with Crippen molar-refractivity contribution in [2.24, 2.45) is 5.73 Å². The van der Waals surface area contributed by atoms with E-state index >= 15 is 0 Å². The lowest BCUT2D eigenvalue weighted by Crippen LogP contribution is -2.32. The van der Waals surface area contributed by atoms with Crippen molar-refractivity contribution in [2.75, 3.05) is 13.1 Å². The predicted octanol–water partition coefficient (Wildman–Crippen LogP) is 2.99. The van der Waals surface area contributed by atoms with E-state index in [1.165, 1.54) is 19.3 Å². The largest absolute Gasteiger partial charge is 0.490 e. The van der Waals surface area contributed by atoms with E-state index in [1.807, 2.05) is 29.2 Å². The number of ether oxygens (including phenoxy) is 1. The lowest BCUT2D eigenvalue weighted by molar-refractivity contribution is 0.0780. The highest BCUT2D eigenvalue weighted by Gasteiger charge is 2.27. The smallest absolute Gasteiger partial charge is 0.257 e. The fraction of sp³-hybridized carbons (Fsp3) is 0.588. The third-order valence-corrected chi connectivity index (χ3v) is 4.48. The van der Waals surface area contributed by atoms with Gasteiger partial charge in [0.05, 0.1) is 11.7 Å². The average molecular weight is 325 g/mol. The Balaban J connectivity index is 0.00000176. The van der Waals surface area contributed by atoms with Crippen molar-refractivity contribution < 1.29 is 9.53 Å². The molecule has 0 bridgehead atoms. The Kier molecular flexibility index (Phi) is 6.09. The molecule has 1 aliphatic heterocycles. The summed E-state index contributed by atoms with van der Waals surface area (Å²) in [5.41, 5.74) is 6.58. The molecule has 1 saturated carbocycles. The van der Waals surface area contributed by atoms with Gasteiger partial charge in [0.15, 0.2) is 0 Å². The van der Waals surface area contributed by atoms with E-state index in [0.29, 0.717) is 12.1 Å². The summed E-state index contributed by atoms with van der Waals surface area (Å²) in [5.74, 6) is 0.782. The van der Waals surface area contributed by atoms with E-state index in [4.69, 9.17) is 10.5 Å². The van der Waals surface area contributed by atoms with Crippen LogP contribution in [-0.2, 0) is 0 Å². The molecule has 0 aromatic heterocycles. The van der Waals surface area contributed by atoms with E-state index in [0.717, 1.165) is 31.6 Å². The highest BCUT2D eigenvalue weighted by Crippen LogP contribution is 2.27. The van der Waals surface area contributed by atoms with Crippen LogP contribution in [-0.4, -0.2) is 36.0 Å². The third kappa shape index (κ3) is 3.93. The number of benzene rings is 1. The summed E-state index contributed by atoms with van der Waals surface area (Å²) in [6.45, 7) is 1.40. The molecule has 1 aliphatic carbocycles. The fourth-order valence-electron chi connectivity index (χ4n) is 3.25. The summed E-state index contributed by atoms with van der Waals surface area (Å²) >= 11 is 0. The van der Waals surface area contributed by atoms with Crippen LogP contribution in [0.25, 0.3) is 0 Å². The van der Waals surface area contributed by atoms with Crippen LogP contribution in [0.2, 0.25) is 0 Å². The molecule has 122 valence electrons. The number of halogens is 1. The van der Waals surface area contributed by atoms with Gasteiger partial charge in [0, 0.05) is 19.1 Å². The number of carbonyl (C=O) groups is 1. The van der Waals surface area contributed by atoms with Crippen molar-refractivity contribution in [1.82, 2.24) is 4.90 Å². The van der Waals surface area contributed by atoms with Gasteiger partial charge in [0.2, 0.25) is 0 Å². The number of likely N-dealkylation sites (tertiary alicyclic amines) is 1. The molecular weight excluding hydrogens is 300 g/mol. The van der Waals surface area contributed by atoms with Crippen molar-refractivity contribution >= 4 is 18.3 Å². The zero-order chi connectivity index (χ0) is 14.7. The van der Waals surface area contributed by atoms with Gasteiger partial charge in [-0.1, -0.05) is 18.6 Å². The molecule has 2 aliphatic rings. The Morgan fingerprint density at radius 2 is 1.86 bits per heavy atom. The Bertz CT molecular complexity index is 503.